The molecule has 1 saturated heterocycles. The summed E-state index contributed by atoms with van der Waals surface area (Å²) in [4.78, 5) is 15.8. The summed E-state index contributed by atoms with van der Waals surface area (Å²) in [7, 11) is 0. The van der Waals surface area contributed by atoms with E-state index >= 15 is 0 Å². The van der Waals surface area contributed by atoms with E-state index in [9.17, 15) is 9.90 Å². The van der Waals surface area contributed by atoms with Gasteiger partial charge in [0.05, 0.1) is 0 Å². The predicted octanol–water partition coefficient (Wildman–Crippen LogP) is 3.11. The van der Waals surface area contributed by atoms with Crippen LogP contribution in [-0.4, -0.2) is 28.6 Å². The number of hydrogen-bond acceptors (Lipinski definition) is 3. The molecule has 0 amide bonds. The molecule has 1 aromatic rings. The Kier molecular flexibility index (Phi) is 3.90. The molecule has 1 fully saturated rings. The van der Waals surface area contributed by atoms with Crippen LogP contribution in [0.2, 0.25) is 0 Å². The van der Waals surface area contributed by atoms with Gasteiger partial charge in [0, 0.05) is 20.8 Å². The van der Waals surface area contributed by atoms with Gasteiger partial charge in [0.15, 0.2) is 0 Å². The second-order valence-corrected chi connectivity index (χ2v) is 6.83. The van der Waals surface area contributed by atoms with Crippen LogP contribution in [0.25, 0.3) is 0 Å². The molecule has 0 aromatic carbocycles. The van der Waals surface area contributed by atoms with Crippen LogP contribution in [-0.2, 0) is 11.3 Å². The molecule has 1 aromatic heterocycles. The van der Waals surface area contributed by atoms with Crippen LogP contribution in [0.1, 0.15) is 23.1 Å². The Labute approximate surface area is 114 Å². The van der Waals surface area contributed by atoms with Crippen molar-refractivity contribution in [3.63, 3.8) is 0 Å². The molecule has 2 heterocycles. The Hall–Kier alpha value is -0.390. The van der Waals surface area contributed by atoms with Gasteiger partial charge >= 0.3 is 5.97 Å². The van der Waals surface area contributed by atoms with Crippen molar-refractivity contribution in [2.75, 3.05) is 6.54 Å². The van der Waals surface area contributed by atoms with Crippen molar-refractivity contribution in [1.29, 1.82) is 0 Å². The number of carboxylic acid groups (broad SMARTS) is 1. The van der Waals surface area contributed by atoms with Gasteiger partial charge in [-0.25, -0.2) is 0 Å². The van der Waals surface area contributed by atoms with Crippen LogP contribution < -0.4 is 0 Å². The largest absolute Gasteiger partial charge is 0.480 e. The highest BCUT2D eigenvalue weighted by atomic mass is 79.9. The normalized spacial score (nSPS) is 25.4. The zero-order chi connectivity index (χ0) is 12.6. The first-order valence-corrected chi connectivity index (χ1v) is 7.31. The van der Waals surface area contributed by atoms with Crippen LogP contribution in [0.5, 0.6) is 0 Å². The summed E-state index contributed by atoms with van der Waals surface area (Å²) >= 11 is 5.23. The van der Waals surface area contributed by atoms with Crippen molar-refractivity contribution >= 4 is 33.2 Å². The smallest absolute Gasteiger partial charge is 0.321 e. The number of likely N-dealkylation sites (tertiary alicyclic amines) is 1. The highest BCUT2D eigenvalue weighted by Gasteiger charge is 2.36. The molecule has 3 nitrogen and oxygen atoms in total. The van der Waals surface area contributed by atoms with E-state index in [1.54, 1.807) is 11.3 Å². The quantitative estimate of drug-likeness (QED) is 0.931. The minimum absolute atomic E-state index is 0.247. The van der Waals surface area contributed by atoms with Crippen molar-refractivity contribution in [2.45, 2.75) is 32.9 Å². The number of halogens is 1. The maximum atomic E-state index is 11.2. The lowest BCUT2D eigenvalue weighted by Gasteiger charge is -2.22. The number of carbonyl (C=O) groups is 1. The minimum atomic E-state index is -0.692. The molecular formula is C12H16BrNO2S. The Bertz CT molecular complexity index is 413. The molecule has 1 aliphatic heterocycles. The van der Waals surface area contributed by atoms with E-state index in [0.717, 1.165) is 24.0 Å². The molecule has 2 atom stereocenters. The fourth-order valence-corrected chi connectivity index (χ4v) is 4.03. The molecule has 17 heavy (non-hydrogen) atoms. The van der Waals surface area contributed by atoms with Gasteiger partial charge in [-0.3, -0.25) is 9.69 Å². The van der Waals surface area contributed by atoms with E-state index in [4.69, 9.17) is 0 Å². The molecule has 2 rings (SSSR count). The van der Waals surface area contributed by atoms with E-state index in [0.29, 0.717) is 0 Å². The summed E-state index contributed by atoms with van der Waals surface area (Å²) in [5, 5.41) is 9.24. The van der Waals surface area contributed by atoms with Gasteiger partial charge in [-0.1, -0.05) is 6.92 Å². The molecule has 1 N–H and O–H groups in total. The lowest BCUT2D eigenvalue weighted by atomic mass is 10.0. The second-order valence-electron chi connectivity index (χ2n) is 4.64. The number of thiophene rings is 1. The molecule has 0 saturated carbocycles. The summed E-state index contributed by atoms with van der Waals surface area (Å²) in [6.45, 7) is 5.72. The van der Waals surface area contributed by atoms with E-state index in [1.807, 2.05) is 6.92 Å². The number of nitrogens with zero attached hydrogens (tertiary/aromatic N) is 1. The monoisotopic (exact) mass is 317 g/mol. The SMILES string of the molecule is Cc1sc(CN2CCC(C)C2C(=O)O)cc1Br. The second kappa shape index (κ2) is 5.08. The van der Waals surface area contributed by atoms with Crippen molar-refractivity contribution < 1.29 is 9.90 Å². The fraction of sp³-hybridized carbons (Fsp3) is 0.583. The van der Waals surface area contributed by atoms with Crippen molar-refractivity contribution in [2.24, 2.45) is 5.92 Å². The molecular weight excluding hydrogens is 302 g/mol. The van der Waals surface area contributed by atoms with Gasteiger partial charge in [0.1, 0.15) is 6.04 Å². The summed E-state index contributed by atoms with van der Waals surface area (Å²) in [6, 6.07) is 1.78. The van der Waals surface area contributed by atoms with Gasteiger partial charge in [0.2, 0.25) is 0 Å². The third-order valence-electron chi connectivity index (χ3n) is 3.32. The van der Waals surface area contributed by atoms with Crippen molar-refractivity contribution in [1.82, 2.24) is 4.90 Å². The van der Waals surface area contributed by atoms with Gasteiger partial charge in [-0.05, 0) is 47.8 Å². The minimum Gasteiger partial charge on any atom is -0.480 e. The summed E-state index contributed by atoms with van der Waals surface area (Å²) in [5.41, 5.74) is 0. The zero-order valence-corrected chi connectivity index (χ0v) is 12.3. The van der Waals surface area contributed by atoms with Crippen LogP contribution in [0.3, 0.4) is 0 Å². The highest BCUT2D eigenvalue weighted by molar-refractivity contribution is 9.10. The first kappa shape index (κ1) is 13.1. The summed E-state index contributed by atoms with van der Waals surface area (Å²) < 4.78 is 1.12. The average molecular weight is 318 g/mol. The molecule has 0 bridgehead atoms. The Morgan fingerprint density at radius 3 is 2.94 bits per heavy atom. The van der Waals surface area contributed by atoms with Crippen molar-refractivity contribution in [3.05, 3.63) is 20.3 Å². The third kappa shape index (κ3) is 2.72. The summed E-state index contributed by atoms with van der Waals surface area (Å²) in [6.07, 6.45) is 0.975. The predicted molar refractivity (Wildman–Crippen MR) is 72.4 cm³/mol. The molecule has 1 aliphatic rings. The summed E-state index contributed by atoms with van der Waals surface area (Å²) in [5.74, 6) is -0.445. The maximum Gasteiger partial charge on any atom is 0.321 e. The number of carboxylic acids is 1. The Morgan fingerprint density at radius 1 is 1.71 bits per heavy atom. The van der Waals surface area contributed by atoms with Crippen LogP contribution in [0.15, 0.2) is 10.5 Å². The van der Waals surface area contributed by atoms with E-state index in [1.165, 1.54) is 9.75 Å². The number of aliphatic carboxylic acids is 1. The average Bonchev–Trinajstić information content (AvgIpc) is 2.72. The Balaban J connectivity index is 2.10. The topological polar surface area (TPSA) is 40.5 Å². The number of aryl methyl sites for hydroxylation is 1. The molecule has 5 heteroatoms. The van der Waals surface area contributed by atoms with Crippen LogP contribution in [0.4, 0.5) is 0 Å². The van der Waals surface area contributed by atoms with Gasteiger partial charge in [-0.15, -0.1) is 11.3 Å². The highest BCUT2D eigenvalue weighted by Crippen LogP contribution is 2.31. The first-order valence-electron chi connectivity index (χ1n) is 5.70. The van der Waals surface area contributed by atoms with E-state index < -0.39 is 5.97 Å². The van der Waals surface area contributed by atoms with Gasteiger partial charge < -0.3 is 5.11 Å². The molecule has 2 unspecified atom stereocenters. The molecule has 94 valence electrons. The lowest BCUT2D eigenvalue weighted by Crippen LogP contribution is -2.38. The molecule has 0 spiro atoms. The van der Waals surface area contributed by atoms with E-state index in [-0.39, 0.29) is 12.0 Å². The van der Waals surface area contributed by atoms with E-state index in [2.05, 4.69) is 33.8 Å². The Morgan fingerprint density at radius 2 is 2.41 bits per heavy atom. The van der Waals surface area contributed by atoms with Gasteiger partial charge in [0.25, 0.3) is 0 Å². The van der Waals surface area contributed by atoms with Crippen LogP contribution in [0, 0.1) is 12.8 Å². The maximum absolute atomic E-state index is 11.2. The number of rotatable bonds is 3. The van der Waals surface area contributed by atoms with Crippen LogP contribution >= 0.6 is 27.3 Å². The lowest BCUT2D eigenvalue weighted by molar-refractivity contribution is -0.143. The standard InChI is InChI=1S/C12H16BrNO2S/c1-7-3-4-14(11(7)12(15)16)6-9-5-10(13)8(2)17-9/h5,7,11H,3-4,6H2,1-2H3,(H,15,16). The van der Waals surface area contributed by atoms with Gasteiger partial charge in [-0.2, -0.15) is 0 Å². The van der Waals surface area contributed by atoms with Crippen molar-refractivity contribution in [3.8, 4) is 0 Å². The first-order chi connectivity index (χ1) is 7.99. The molecule has 0 aliphatic carbocycles. The zero-order valence-electron chi connectivity index (χ0n) is 9.94. The molecule has 0 radical (unpaired) electrons. The number of hydrogen-bond donors (Lipinski definition) is 1. The fourth-order valence-electron chi connectivity index (χ4n) is 2.40. The third-order valence-corrected chi connectivity index (χ3v) is 5.45.